The molecule has 6 heteroatoms. The van der Waals surface area contributed by atoms with Crippen molar-refractivity contribution in [2.75, 3.05) is 6.61 Å². The first-order chi connectivity index (χ1) is 8.63. The van der Waals surface area contributed by atoms with Gasteiger partial charge in [-0.15, -0.1) is 0 Å². The number of nitrogens with two attached hydrogens (primary N) is 1. The summed E-state index contributed by atoms with van der Waals surface area (Å²) in [6, 6.07) is 7.16. The second-order valence-electron chi connectivity index (χ2n) is 3.48. The molecular weight excluding hydrogens is 234 g/mol. The smallest absolute Gasteiger partial charge is 0.329 e. The van der Waals surface area contributed by atoms with Crippen LogP contribution in [-0.4, -0.2) is 24.6 Å². The van der Waals surface area contributed by atoms with Gasteiger partial charge in [-0.25, -0.2) is 5.43 Å². The predicted octanol–water partition coefficient (Wildman–Crippen LogP) is 0.411. The number of nitrogens with one attached hydrogen (secondary N) is 1. The van der Waals surface area contributed by atoms with Crippen LogP contribution in [0, 0.1) is 0 Å². The van der Waals surface area contributed by atoms with Gasteiger partial charge in [0.05, 0.1) is 12.8 Å². The molecule has 0 saturated heterocycles. The van der Waals surface area contributed by atoms with E-state index in [9.17, 15) is 9.59 Å². The van der Waals surface area contributed by atoms with Gasteiger partial charge in [-0.3, -0.25) is 9.59 Å². The van der Waals surface area contributed by atoms with E-state index in [0.29, 0.717) is 6.61 Å². The first kappa shape index (κ1) is 13.7. The summed E-state index contributed by atoms with van der Waals surface area (Å²) in [7, 11) is 0. The molecule has 0 bridgehead atoms. The number of carbonyl (C=O) groups is 2. The van der Waals surface area contributed by atoms with Crippen LogP contribution in [0.15, 0.2) is 29.4 Å². The lowest BCUT2D eigenvalue weighted by molar-refractivity contribution is -0.137. The number of amides is 2. The molecule has 3 N–H and O–H groups in total. The van der Waals surface area contributed by atoms with E-state index in [0.717, 1.165) is 17.7 Å². The van der Waals surface area contributed by atoms with E-state index in [1.54, 1.807) is 24.3 Å². The second kappa shape index (κ2) is 7.05. The molecule has 0 heterocycles. The fourth-order valence-corrected chi connectivity index (χ4v) is 1.09. The third-order valence-corrected chi connectivity index (χ3v) is 1.96. The summed E-state index contributed by atoms with van der Waals surface area (Å²) >= 11 is 0. The van der Waals surface area contributed by atoms with Crippen LogP contribution in [0.1, 0.15) is 18.9 Å². The number of benzene rings is 1. The number of hydrogen-bond acceptors (Lipinski definition) is 4. The van der Waals surface area contributed by atoms with Crippen molar-refractivity contribution < 1.29 is 14.3 Å². The minimum Gasteiger partial charge on any atom is -0.494 e. The van der Waals surface area contributed by atoms with E-state index in [4.69, 9.17) is 10.5 Å². The lowest BCUT2D eigenvalue weighted by atomic mass is 10.2. The first-order valence-corrected chi connectivity index (χ1v) is 5.49. The molecule has 0 aliphatic rings. The summed E-state index contributed by atoms with van der Waals surface area (Å²) in [5.74, 6) is -1.25. The topological polar surface area (TPSA) is 93.8 Å². The van der Waals surface area contributed by atoms with Gasteiger partial charge < -0.3 is 10.5 Å². The Morgan fingerprint density at radius 3 is 2.61 bits per heavy atom. The molecule has 0 spiro atoms. The van der Waals surface area contributed by atoms with Crippen molar-refractivity contribution in [3.8, 4) is 5.75 Å². The lowest BCUT2D eigenvalue weighted by Gasteiger charge is -2.03. The largest absolute Gasteiger partial charge is 0.494 e. The van der Waals surface area contributed by atoms with Crippen LogP contribution in [0.3, 0.4) is 0 Å². The van der Waals surface area contributed by atoms with Gasteiger partial charge in [0.25, 0.3) is 0 Å². The maximum Gasteiger partial charge on any atom is 0.329 e. The van der Waals surface area contributed by atoms with Crippen LogP contribution in [0.2, 0.25) is 0 Å². The molecule has 0 fully saturated rings. The molecule has 0 aromatic heterocycles. The summed E-state index contributed by atoms with van der Waals surface area (Å²) in [5.41, 5.74) is 7.51. The van der Waals surface area contributed by atoms with E-state index in [2.05, 4.69) is 5.10 Å². The average Bonchev–Trinajstić information content (AvgIpc) is 2.37. The Morgan fingerprint density at radius 1 is 1.39 bits per heavy atom. The summed E-state index contributed by atoms with van der Waals surface area (Å²) in [6.07, 6.45) is 2.35. The fourth-order valence-electron chi connectivity index (χ4n) is 1.09. The van der Waals surface area contributed by atoms with Crippen molar-refractivity contribution in [1.29, 1.82) is 0 Å². The van der Waals surface area contributed by atoms with Crippen molar-refractivity contribution in [2.24, 2.45) is 10.8 Å². The van der Waals surface area contributed by atoms with Crippen LogP contribution < -0.4 is 15.9 Å². The minimum absolute atomic E-state index is 0.669. The molecule has 0 aliphatic carbocycles. The number of ether oxygens (including phenoxy) is 1. The summed E-state index contributed by atoms with van der Waals surface area (Å²) in [5, 5.41) is 3.59. The Kier molecular flexibility index (Phi) is 5.37. The van der Waals surface area contributed by atoms with Gasteiger partial charge in [-0.1, -0.05) is 6.92 Å². The van der Waals surface area contributed by atoms with Gasteiger partial charge in [-0.2, -0.15) is 5.10 Å². The number of nitrogens with zero attached hydrogens (tertiary/aromatic N) is 1. The number of hydrogen-bond donors (Lipinski definition) is 2. The third-order valence-electron chi connectivity index (χ3n) is 1.96. The zero-order valence-electron chi connectivity index (χ0n) is 10.1. The van der Waals surface area contributed by atoms with Gasteiger partial charge in [0, 0.05) is 0 Å². The van der Waals surface area contributed by atoms with Gasteiger partial charge in [0.2, 0.25) is 0 Å². The van der Waals surface area contributed by atoms with E-state index < -0.39 is 11.8 Å². The average molecular weight is 249 g/mol. The van der Waals surface area contributed by atoms with Crippen molar-refractivity contribution >= 4 is 18.0 Å². The van der Waals surface area contributed by atoms with E-state index in [1.165, 1.54) is 6.21 Å². The van der Waals surface area contributed by atoms with Crippen molar-refractivity contribution in [3.05, 3.63) is 29.8 Å². The second-order valence-corrected chi connectivity index (χ2v) is 3.48. The fraction of sp³-hybridized carbons (Fsp3) is 0.250. The molecule has 0 radical (unpaired) electrons. The molecule has 1 rings (SSSR count). The van der Waals surface area contributed by atoms with Gasteiger partial charge in [-0.05, 0) is 36.2 Å². The quantitative estimate of drug-likeness (QED) is 0.449. The Labute approximate surface area is 105 Å². The standard InChI is InChI=1S/C12H15N3O3/c1-2-7-18-10-5-3-9(4-6-10)8-14-15-12(17)11(13)16/h3-6,8H,2,7H2,1H3,(H2,13,16)(H,15,17)/b14-8+. The van der Waals surface area contributed by atoms with Crippen LogP contribution in [0.25, 0.3) is 0 Å². The highest BCUT2D eigenvalue weighted by molar-refractivity contribution is 6.34. The van der Waals surface area contributed by atoms with Crippen LogP contribution in [0.4, 0.5) is 0 Å². The highest BCUT2D eigenvalue weighted by atomic mass is 16.5. The summed E-state index contributed by atoms with van der Waals surface area (Å²) in [4.78, 5) is 21.2. The van der Waals surface area contributed by atoms with Crippen LogP contribution in [-0.2, 0) is 9.59 Å². The molecular formula is C12H15N3O3. The Hall–Kier alpha value is -2.37. The maximum atomic E-state index is 10.8. The highest BCUT2D eigenvalue weighted by Crippen LogP contribution is 2.11. The SMILES string of the molecule is CCCOc1ccc(/C=N/NC(=O)C(N)=O)cc1. The van der Waals surface area contributed by atoms with Crippen LogP contribution in [0.5, 0.6) is 5.75 Å². The third kappa shape index (κ3) is 4.65. The molecule has 0 aliphatic heterocycles. The minimum atomic E-state index is -1.07. The Morgan fingerprint density at radius 2 is 2.06 bits per heavy atom. The Balaban J connectivity index is 2.50. The molecule has 0 atom stereocenters. The van der Waals surface area contributed by atoms with Crippen LogP contribution >= 0.6 is 0 Å². The predicted molar refractivity (Wildman–Crippen MR) is 67.2 cm³/mol. The van der Waals surface area contributed by atoms with Crippen molar-refractivity contribution in [1.82, 2.24) is 5.43 Å². The maximum absolute atomic E-state index is 10.8. The van der Waals surface area contributed by atoms with Crippen molar-refractivity contribution in [3.63, 3.8) is 0 Å². The summed E-state index contributed by atoms with van der Waals surface area (Å²) < 4.78 is 5.41. The molecule has 0 unspecified atom stereocenters. The lowest BCUT2D eigenvalue weighted by Crippen LogP contribution is -2.32. The summed E-state index contributed by atoms with van der Waals surface area (Å²) in [6.45, 7) is 2.70. The normalized spacial score (nSPS) is 10.3. The van der Waals surface area contributed by atoms with E-state index in [-0.39, 0.29) is 0 Å². The number of hydrazone groups is 1. The molecule has 0 saturated carbocycles. The number of rotatable bonds is 5. The van der Waals surface area contributed by atoms with Crippen molar-refractivity contribution in [2.45, 2.75) is 13.3 Å². The molecule has 1 aromatic rings. The number of carbonyl (C=O) groups excluding carboxylic acids is 2. The monoisotopic (exact) mass is 249 g/mol. The van der Waals surface area contributed by atoms with E-state index >= 15 is 0 Å². The van der Waals surface area contributed by atoms with Gasteiger partial charge in [0.15, 0.2) is 0 Å². The number of primary amides is 1. The first-order valence-electron chi connectivity index (χ1n) is 5.49. The Bertz CT molecular complexity index is 440. The molecule has 18 heavy (non-hydrogen) atoms. The van der Waals surface area contributed by atoms with Gasteiger partial charge in [0.1, 0.15) is 5.75 Å². The zero-order valence-corrected chi connectivity index (χ0v) is 10.1. The zero-order chi connectivity index (χ0) is 13.4. The van der Waals surface area contributed by atoms with E-state index in [1.807, 2.05) is 12.3 Å². The molecule has 96 valence electrons. The molecule has 1 aromatic carbocycles. The molecule has 2 amide bonds. The highest BCUT2D eigenvalue weighted by Gasteiger charge is 2.05. The molecule has 6 nitrogen and oxygen atoms in total. The van der Waals surface area contributed by atoms with Gasteiger partial charge >= 0.3 is 11.8 Å².